The zero-order valence-electron chi connectivity index (χ0n) is 17.9. The summed E-state index contributed by atoms with van der Waals surface area (Å²) in [5.41, 5.74) is 1.99. The monoisotopic (exact) mass is 461 g/mol. The van der Waals surface area contributed by atoms with Crippen LogP contribution in [0.5, 0.6) is 0 Å². The van der Waals surface area contributed by atoms with Gasteiger partial charge in [0.05, 0.1) is 22.5 Å². The first-order valence-corrected chi connectivity index (χ1v) is 10.9. The molecular weight excluding hydrogens is 441 g/mol. The van der Waals surface area contributed by atoms with Crippen LogP contribution in [0.15, 0.2) is 49.3 Å². The number of amides is 1. The molecule has 1 saturated heterocycles. The van der Waals surface area contributed by atoms with Crippen molar-refractivity contribution in [1.29, 1.82) is 0 Å². The van der Waals surface area contributed by atoms with Gasteiger partial charge in [-0.15, -0.1) is 0 Å². The van der Waals surface area contributed by atoms with E-state index in [1.807, 2.05) is 6.07 Å². The van der Waals surface area contributed by atoms with Crippen LogP contribution in [0.2, 0.25) is 5.02 Å². The zero-order valence-corrected chi connectivity index (χ0v) is 18.7. The van der Waals surface area contributed by atoms with Crippen molar-refractivity contribution in [2.75, 3.05) is 30.8 Å². The van der Waals surface area contributed by atoms with E-state index in [1.54, 1.807) is 6.07 Å². The number of aromatic nitrogens is 2. The average Bonchev–Trinajstić information content (AvgIpc) is 3.26. The summed E-state index contributed by atoms with van der Waals surface area (Å²) in [6, 6.07) is 7.79. The minimum Gasteiger partial charge on any atom is -0.337 e. The van der Waals surface area contributed by atoms with Crippen molar-refractivity contribution in [3.05, 3.63) is 65.7 Å². The lowest BCUT2D eigenvalue weighted by Gasteiger charge is -2.12. The molecule has 0 radical (unpaired) electrons. The van der Waals surface area contributed by atoms with Gasteiger partial charge >= 0.3 is 0 Å². The van der Waals surface area contributed by atoms with E-state index in [4.69, 9.17) is 11.6 Å². The fraction of sp³-hybridized carbons (Fsp3) is 0.240. The predicted octanol–water partition coefficient (Wildman–Crippen LogP) is 4.45. The van der Waals surface area contributed by atoms with Gasteiger partial charge in [0.25, 0.3) is 0 Å². The fourth-order valence-electron chi connectivity index (χ4n) is 4.43. The number of rotatable bonds is 4. The largest absolute Gasteiger partial charge is 0.337 e. The number of hydrogen-bond acceptors (Lipinski definition) is 5. The second-order valence-electron chi connectivity index (χ2n) is 8.42. The summed E-state index contributed by atoms with van der Waals surface area (Å²) in [4.78, 5) is 23.0. The van der Waals surface area contributed by atoms with Gasteiger partial charge in [0, 0.05) is 29.4 Å². The van der Waals surface area contributed by atoms with Crippen LogP contribution in [0.25, 0.3) is 10.9 Å². The third kappa shape index (κ3) is 4.28. The number of carbonyl (C=O) groups excluding carboxylic acids is 1. The number of benzene rings is 2. The molecule has 2 heterocycles. The summed E-state index contributed by atoms with van der Waals surface area (Å²) in [6.07, 6.45) is 2.60. The van der Waals surface area contributed by atoms with Gasteiger partial charge < -0.3 is 15.5 Å². The first kappa shape index (κ1) is 21.4. The van der Waals surface area contributed by atoms with E-state index in [0.717, 1.165) is 13.1 Å². The predicted molar refractivity (Wildman–Crippen MR) is 128 cm³/mol. The highest BCUT2D eigenvalue weighted by atomic mass is 35.5. The zero-order chi connectivity index (χ0) is 23.1. The number of fused-ring (bicyclic) bond motifs is 2. The van der Waals surface area contributed by atoms with Crippen LogP contribution in [0, 0.1) is 35.4 Å². The van der Waals surface area contributed by atoms with E-state index in [0.29, 0.717) is 50.7 Å². The molecule has 166 valence electrons. The number of piperidine rings is 1. The maximum absolute atomic E-state index is 14.3. The molecule has 2 N–H and O–H groups in total. The van der Waals surface area contributed by atoms with Crippen LogP contribution in [0.1, 0.15) is 5.56 Å². The number of nitrogens with one attached hydrogen (secondary N) is 2. The molecule has 0 spiro atoms. The molecule has 0 unspecified atom stereocenters. The highest BCUT2D eigenvalue weighted by Gasteiger charge is 2.53. The molecule has 0 bridgehead atoms. The molecule has 2 fully saturated rings. The van der Waals surface area contributed by atoms with E-state index >= 15 is 0 Å². The van der Waals surface area contributed by atoms with Crippen molar-refractivity contribution in [2.45, 2.75) is 0 Å². The molecule has 1 aliphatic heterocycles. The van der Waals surface area contributed by atoms with E-state index in [2.05, 4.69) is 51.0 Å². The molecule has 6 nitrogen and oxygen atoms in total. The number of carbonyl (C=O) groups is 1. The normalized spacial score (nSPS) is 21.1. The summed E-state index contributed by atoms with van der Waals surface area (Å²) in [7, 11) is 2.13. The summed E-state index contributed by atoms with van der Waals surface area (Å²) < 4.78 is 14.3. The van der Waals surface area contributed by atoms with E-state index < -0.39 is 5.82 Å². The summed E-state index contributed by atoms with van der Waals surface area (Å²) >= 11 is 6.01. The quantitative estimate of drug-likeness (QED) is 0.444. The summed E-state index contributed by atoms with van der Waals surface area (Å²) in [6.45, 7) is 5.67. The van der Waals surface area contributed by atoms with Crippen molar-refractivity contribution in [2.24, 2.45) is 17.8 Å². The van der Waals surface area contributed by atoms with Crippen LogP contribution >= 0.6 is 11.6 Å². The lowest BCUT2D eigenvalue weighted by molar-refractivity contribution is -0.111. The molecule has 3 atom stereocenters. The van der Waals surface area contributed by atoms with Crippen LogP contribution in [-0.2, 0) is 4.79 Å². The van der Waals surface area contributed by atoms with Gasteiger partial charge in [-0.1, -0.05) is 30.0 Å². The van der Waals surface area contributed by atoms with Gasteiger partial charge in [-0.25, -0.2) is 14.4 Å². The van der Waals surface area contributed by atoms with E-state index in [9.17, 15) is 9.18 Å². The Hall–Kier alpha value is -3.47. The second-order valence-corrected chi connectivity index (χ2v) is 8.86. The number of halogens is 2. The Balaban J connectivity index is 1.53. The Morgan fingerprint density at radius 3 is 2.79 bits per heavy atom. The Kier molecular flexibility index (Phi) is 5.49. The molecule has 1 aliphatic carbocycles. The van der Waals surface area contributed by atoms with Gasteiger partial charge in [0.1, 0.15) is 18.0 Å². The van der Waals surface area contributed by atoms with Gasteiger partial charge in [0.15, 0.2) is 0 Å². The van der Waals surface area contributed by atoms with E-state index in [1.165, 1.54) is 30.6 Å². The standard InChI is InChI=1S/C25H21ClFN5O/c1-3-24(33)30-21-10-17-22(8-14(21)4-6-16-18-11-32(2)12-19(16)18)28-13-29-25(17)31-23-9-15(26)5-7-20(23)27/h3,5,7-10,13,16,18-19H,1,11-12H2,2H3,(H,30,33)(H,28,29,31)/t16-,18+,19-. The number of anilines is 3. The van der Waals surface area contributed by atoms with Crippen molar-refractivity contribution < 1.29 is 9.18 Å². The summed E-state index contributed by atoms with van der Waals surface area (Å²) in [5, 5.41) is 6.79. The van der Waals surface area contributed by atoms with Crippen LogP contribution in [0.4, 0.5) is 21.6 Å². The van der Waals surface area contributed by atoms with Crippen molar-refractivity contribution in [1.82, 2.24) is 14.9 Å². The summed E-state index contributed by atoms with van der Waals surface area (Å²) in [5.74, 6) is 7.83. The molecule has 2 aliphatic rings. The molecule has 1 aromatic heterocycles. The third-order valence-electron chi connectivity index (χ3n) is 6.15. The average molecular weight is 462 g/mol. The first-order chi connectivity index (χ1) is 15.9. The number of nitrogens with zero attached hydrogens (tertiary/aromatic N) is 3. The highest BCUT2D eigenvalue weighted by molar-refractivity contribution is 6.30. The second kappa shape index (κ2) is 8.47. The maximum Gasteiger partial charge on any atom is 0.247 e. The molecule has 1 saturated carbocycles. The molecular formula is C25H21ClFN5O. The smallest absolute Gasteiger partial charge is 0.247 e. The Morgan fingerprint density at radius 1 is 1.24 bits per heavy atom. The van der Waals surface area contributed by atoms with Gasteiger partial charge in [-0.05, 0) is 55.3 Å². The fourth-order valence-corrected chi connectivity index (χ4v) is 4.60. The van der Waals surface area contributed by atoms with Gasteiger partial charge in [0.2, 0.25) is 5.91 Å². The molecule has 3 aromatic rings. The van der Waals surface area contributed by atoms with Crippen molar-refractivity contribution in [3.8, 4) is 11.8 Å². The van der Waals surface area contributed by atoms with Crippen LogP contribution in [-0.4, -0.2) is 40.9 Å². The molecule has 2 aromatic carbocycles. The number of likely N-dealkylation sites (tertiary alicyclic amines) is 1. The molecule has 1 amide bonds. The molecule has 8 heteroatoms. The molecule has 33 heavy (non-hydrogen) atoms. The van der Waals surface area contributed by atoms with Crippen molar-refractivity contribution in [3.63, 3.8) is 0 Å². The van der Waals surface area contributed by atoms with Crippen molar-refractivity contribution >= 4 is 45.6 Å². The topological polar surface area (TPSA) is 70.1 Å². The lowest BCUT2D eigenvalue weighted by atomic mass is 10.1. The third-order valence-corrected chi connectivity index (χ3v) is 6.38. The lowest BCUT2D eigenvalue weighted by Crippen LogP contribution is -2.18. The molecule has 5 rings (SSSR count). The number of hydrogen-bond donors (Lipinski definition) is 2. The van der Waals surface area contributed by atoms with Crippen LogP contribution in [0.3, 0.4) is 0 Å². The van der Waals surface area contributed by atoms with Crippen LogP contribution < -0.4 is 10.6 Å². The minimum absolute atomic E-state index is 0.188. The Bertz CT molecular complexity index is 1340. The Morgan fingerprint density at radius 2 is 2.03 bits per heavy atom. The van der Waals surface area contributed by atoms with E-state index in [-0.39, 0.29) is 11.6 Å². The first-order valence-electron chi connectivity index (χ1n) is 10.6. The SMILES string of the molecule is C=CC(=O)Nc1cc2c(Nc3cc(Cl)ccc3F)ncnc2cc1C#C[C@H]1[C@H]2CN(C)C[C@@H]12. The van der Waals surface area contributed by atoms with Gasteiger partial charge in [-0.2, -0.15) is 0 Å². The highest BCUT2D eigenvalue weighted by Crippen LogP contribution is 2.50. The van der Waals surface area contributed by atoms with Gasteiger partial charge in [-0.3, -0.25) is 4.79 Å². The Labute approximate surface area is 195 Å². The maximum atomic E-state index is 14.3. The minimum atomic E-state index is -0.463.